The van der Waals surface area contributed by atoms with E-state index in [0.29, 0.717) is 11.7 Å². The van der Waals surface area contributed by atoms with E-state index in [2.05, 4.69) is 10.3 Å². The van der Waals surface area contributed by atoms with Crippen molar-refractivity contribution in [2.75, 3.05) is 5.73 Å². The zero-order chi connectivity index (χ0) is 12.0. The van der Waals surface area contributed by atoms with Gasteiger partial charge in [-0.05, 0) is 37.5 Å². The molecular weight excluding hydrogens is 219 g/mol. The minimum atomic E-state index is -0.276. The van der Waals surface area contributed by atoms with E-state index in [1.165, 1.54) is 12.1 Å². The van der Waals surface area contributed by atoms with Gasteiger partial charge in [-0.3, -0.25) is 0 Å². The van der Waals surface area contributed by atoms with Gasteiger partial charge in [0.05, 0.1) is 11.4 Å². The normalized spacial score (nSPS) is 15.2. The van der Waals surface area contributed by atoms with Crippen LogP contribution in [0.15, 0.2) is 18.2 Å². The molecule has 1 aliphatic carbocycles. The standard InChI is InChI=1S/C12H13FN4/c1-7-2-5-9(13)6-10(7)17-11(8-3-4-8)12(14)15-16-17/h2,5-6,8H,3-4,14H2,1H3. The highest BCUT2D eigenvalue weighted by Crippen LogP contribution is 2.42. The van der Waals surface area contributed by atoms with Gasteiger partial charge < -0.3 is 5.73 Å². The van der Waals surface area contributed by atoms with Crippen molar-refractivity contribution in [2.24, 2.45) is 0 Å². The minimum absolute atomic E-state index is 0.276. The number of nitrogens with zero attached hydrogens (tertiary/aromatic N) is 3. The first-order valence-electron chi connectivity index (χ1n) is 5.64. The Bertz CT molecular complexity index is 572. The van der Waals surface area contributed by atoms with Crippen molar-refractivity contribution in [3.63, 3.8) is 0 Å². The van der Waals surface area contributed by atoms with Gasteiger partial charge in [0.1, 0.15) is 5.82 Å². The molecule has 0 bridgehead atoms. The van der Waals surface area contributed by atoms with Crippen molar-refractivity contribution in [3.8, 4) is 5.69 Å². The maximum Gasteiger partial charge on any atom is 0.169 e. The summed E-state index contributed by atoms with van der Waals surface area (Å²) in [7, 11) is 0. The quantitative estimate of drug-likeness (QED) is 0.863. The molecular formula is C12H13FN4. The molecule has 0 unspecified atom stereocenters. The van der Waals surface area contributed by atoms with E-state index in [9.17, 15) is 4.39 Å². The Morgan fingerprint density at radius 3 is 2.88 bits per heavy atom. The Labute approximate surface area is 98.2 Å². The molecule has 0 radical (unpaired) electrons. The van der Waals surface area contributed by atoms with Crippen LogP contribution in [0.25, 0.3) is 5.69 Å². The molecule has 2 N–H and O–H groups in total. The lowest BCUT2D eigenvalue weighted by molar-refractivity contribution is 0.623. The van der Waals surface area contributed by atoms with Crippen LogP contribution in [0.2, 0.25) is 0 Å². The molecule has 0 spiro atoms. The second kappa shape index (κ2) is 3.55. The summed E-state index contributed by atoms with van der Waals surface area (Å²) in [5.41, 5.74) is 8.41. The number of halogens is 1. The third-order valence-electron chi connectivity index (χ3n) is 3.10. The third kappa shape index (κ3) is 1.67. The number of rotatable bonds is 2. The number of hydrogen-bond donors (Lipinski definition) is 1. The third-order valence-corrected chi connectivity index (χ3v) is 3.10. The van der Waals surface area contributed by atoms with Crippen molar-refractivity contribution in [2.45, 2.75) is 25.7 Å². The van der Waals surface area contributed by atoms with Gasteiger partial charge >= 0.3 is 0 Å². The van der Waals surface area contributed by atoms with Gasteiger partial charge in [-0.15, -0.1) is 5.10 Å². The fourth-order valence-corrected chi connectivity index (χ4v) is 2.03. The fraction of sp³-hybridized carbons (Fsp3) is 0.333. The summed E-state index contributed by atoms with van der Waals surface area (Å²) in [6, 6.07) is 4.64. The van der Waals surface area contributed by atoms with Gasteiger partial charge in [-0.1, -0.05) is 11.3 Å². The lowest BCUT2D eigenvalue weighted by atomic mass is 10.2. The van der Waals surface area contributed by atoms with Gasteiger partial charge in [0.25, 0.3) is 0 Å². The first-order valence-corrected chi connectivity index (χ1v) is 5.64. The van der Waals surface area contributed by atoms with Gasteiger partial charge in [0.2, 0.25) is 0 Å². The molecule has 0 saturated heterocycles. The van der Waals surface area contributed by atoms with Crippen molar-refractivity contribution in [1.29, 1.82) is 0 Å². The zero-order valence-electron chi connectivity index (χ0n) is 9.52. The molecule has 3 rings (SSSR count). The molecule has 1 aromatic carbocycles. The molecule has 17 heavy (non-hydrogen) atoms. The van der Waals surface area contributed by atoms with Crippen LogP contribution in [-0.2, 0) is 0 Å². The average molecular weight is 232 g/mol. The Hall–Kier alpha value is -1.91. The second-order valence-electron chi connectivity index (χ2n) is 4.48. The molecule has 88 valence electrons. The maximum absolute atomic E-state index is 13.3. The lowest BCUT2D eigenvalue weighted by Gasteiger charge is -2.08. The number of benzene rings is 1. The predicted octanol–water partition coefficient (Wildman–Crippen LogP) is 2.17. The predicted molar refractivity (Wildman–Crippen MR) is 62.4 cm³/mol. The molecule has 5 heteroatoms. The van der Waals surface area contributed by atoms with E-state index in [1.807, 2.05) is 6.92 Å². The summed E-state index contributed by atoms with van der Waals surface area (Å²) in [5, 5.41) is 7.92. The number of aryl methyl sites for hydroxylation is 1. The van der Waals surface area contributed by atoms with E-state index in [4.69, 9.17) is 5.73 Å². The van der Waals surface area contributed by atoms with E-state index >= 15 is 0 Å². The summed E-state index contributed by atoms with van der Waals surface area (Å²) in [6.07, 6.45) is 2.21. The molecule has 4 nitrogen and oxygen atoms in total. The molecule has 1 fully saturated rings. The van der Waals surface area contributed by atoms with Crippen LogP contribution in [0, 0.1) is 12.7 Å². The number of nitrogens with two attached hydrogens (primary N) is 1. The fourth-order valence-electron chi connectivity index (χ4n) is 2.03. The highest BCUT2D eigenvalue weighted by molar-refractivity contribution is 5.47. The van der Waals surface area contributed by atoms with Crippen LogP contribution in [0.3, 0.4) is 0 Å². The Balaban J connectivity index is 2.17. The molecule has 2 aromatic rings. The number of hydrogen-bond acceptors (Lipinski definition) is 3. The number of anilines is 1. The zero-order valence-corrected chi connectivity index (χ0v) is 9.52. The van der Waals surface area contributed by atoms with Crippen LogP contribution >= 0.6 is 0 Å². The first kappa shape index (κ1) is 10.3. The van der Waals surface area contributed by atoms with Crippen molar-refractivity contribution >= 4 is 5.82 Å². The maximum atomic E-state index is 13.3. The van der Waals surface area contributed by atoms with Gasteiger partial charge in [-0.2, -0.15) is 0 Å². The monoisotopic (exact) mass is 232 g/mol. The summed E-state index contributed by atoms with van der Waals surface area (Å²) < 4.78 is 15.0. The van der Waals surface area contributed by atoms with Crippen LogP contribution in [-0.4, -0.2) is 15.0 Å². The second-order valence-corrected chi connectivity index (χ2v) is 4.48. The molecule has 1 saturated carbocycles. The molecule has 0 atom stereocenters. The summed E-state index contributed by atoms with van der Waals surface area (Å²) in [5.74, 6) is 0.602. The first-order chi connectivity index (χ1) is 8.16. The topological polar surface area (TPSA) is 56.7 Å². The number of aromatic nitrogens is 3. The molecule has 0 aliphatic heterocycles. The Morgan fingerprint density at radius 2 is 2.18 bits per heavy atom. The van der Waals surface area contributed by atoms with Crippen LogP contribution in [0.5, 0.6) is 0 Å². The van der Waals surface area contributed by atoms with Crippen LogP contribution in [0.1, 0.15) is 30.0 Å². The molecule has 1 aromatic heterocycles. The molecule has 0 amide bonds. The smallest absolute Gasteiger partial charge is 0.169 e. The number of nitrogen functional groups attached to an aromatic ring is 1. The van der Waals surface area contributed by atoms with Gasteiger partial charge in [-0.25, -0.2) is 9.07 Å². The van der Waals surface area contributed by atoms with Gasteiger partial charge in [0, 0.05) is 5.92 Å². The SMILES string of the molecule is Cc1ccc(F)cc1-n1nnc(N)c1C1CC1. The lowest BCUT2D eigenvalue weighted by Crippen LogP contribution is -2.05. The highest BCUT2D eigenvalue weighted by Gasteiger charge is 2.31. The van der Waals surface area contributed by atoms with Crippen molar-refractivity contribution < 1.29 is 4.39 Å². The summed E-state index contributed by atoms with van der Waals surface area (Å²) in [6.45, 7) is 1.92. The van der Waals surface area contributed by atoms with Gasteiger partial charge in [0.15, 0.2) is 5.82 Å². The van der Waals surface area contributed by atoms with E-state index < -0.39 is 0 Å². The van der Waals surface area contributed by atoms with Crippen LogP contribution in [0.4, 0.5) is 10.2 Å². The Kier molecular flexibility index (Phi) is 2.14. The Morgan fingerprint density at radius 1 is 1.41 bits per heavy atom. The van der Waals surface area contributed by atoms with Crippen LogP contribution < -0.4 is 5.73 Å². The van der Waals surface area contributed by atoms with E-state index in [1.54, 1.807) is 10.7 Å². The van der Waals surface area contributed by atoms with E-state index in [0.717, 1.165) is 29.8 Å². The van der Waals surface area contributed by atoms with Crippen molar-refractivity contribution in [1.82, 2.24) is 15.0 Å². The molecule has 1 heterocycles. The summed E-state index contributed by atoms with van der Waals surface area (Å²) >= 11 is 0. The van der Waals surface area contributed by atoms with E-state index in [-0.39, 0.29) is 5.82 Å². The average Bonchev–Trinajstić information content (AvgIpc) is 3.06. The van der Waals surface area contributed by atoms with Crippen molar-refractivity contribution in [3.05, 3.63) is 35.3 Å². The minimum Gasteiger partial charge on any atom is -0.381 e. The highest BCUT2D eigenvalue weighted by atomic mass is 19.1. The molecule has 1 aliphatic rings. The summed E-state index contributed by atoms with van der Waals surface area (Å²) in [4.78, 5) is 0. The largest absolute Gasteiger partial charge is 0.381 e.